The molecule has 0 atom stereocenters. The van der Waals surface area contributed by atoms with Crippen LogP contribution in [0.15, 0.2) is 23.6 Å². The maximum Gasteiger partial charge on any atom is 0.126 e. The molecule has 1 heterocycles. The van der Waals surface area contributed by atoms with E-state index in [1.807, 2.05) is 11.4 Å². The molecular formula is C14H16FNS. The zero-order chi connectivity index (χ0) is 12.6. The molecule has 1 aromatic carbocycles. The number of rotatable bonds is 1. The predicted molar refractivity (Wildman–Crippen MR) is 70.9 cm³/mol. The van der Waals surface area contributed by atoms with Crippen LogP contribution in [-0.4, -0.2) is 4.98 Å². The van der Waals surface area contributed by atoms with Crippen LogP contribution in [0.5, 0.6) is 0 Å². The number of hydrogen-bond donors (Lipinski definition) is 0. The molecular weight excluding hydrogens is 233 g/mol. The molecule has 2 aromatic rings. The molecule has 0 aliphatic rings. The van der Waals surface area contributed by atoms with Gasteiger partial charge >= 0.3 is 0 Å². The first-order chi connectivity index (χ1) is 7.88. The molecule has 0 radical (unpaired) electrons. The minimum absolute atomic E-state index is 0.0397. The molecule has 0 saturated heterocycles. The maximum atomic E-state index is 13.5. The lowest BCUT2D eigenvalue weighted by Gasteiger charge is -2.14. The third-order valence-corrected chi connectivity index (χ3v) is 3.58. The summed E-state index contributed by atoms with van der Waals surface area (Å²) in [6.07, 6.45) is 0. The first-order valence-corrected chi connectivity index (χ1v) is 6.48. The Morgan fingerprint density at radius 1 is 1.24 bits per heavy atom. The molecule has 0 N–H and O–H groups in total. The van der Waals surface area contributed by atoms with E-state index in [1.54, 1.807) is 30.4 Å². The Morgan fingerprint density at radius 2 is 1.94 bits per heavy atom. The van der Waals surface area contributed by atoms with Gasteiger partial charge in [0.1, 0.15) is 10.8 Å². The van der Waals surface area contributed by atoms with Gasteiger partial charge < -0.3 is 0 Å². The summed E-state index contributed by atoms with van der Waals surface area (Å²) in [4.78, 5) is 4.57. The minimum Gasteiger partial charge on any atom is -0.241 e. The third-order valence-electron chi connectivity index (χ3n) is 2.69. The number of thiazole rings is 1. The van der Waals surface area contributed by atoms with Gasteiger partial charge in [0.05, 0.1) is 5.69 Å². The van der Waals surface area contributed by atoms with Crippen molar-refractivity contribution in [2.45, 2.75) is 33.1 Å². The topological polar surface area (TPSA) is 12.9 Å². The molecule has 90 valence electrons. The van der Waals surface area contributed by atoms with Gasteiger partial charge in [-0.2, -0.15) is 0 Å². The Hall–Kier alpha value is -1.22. The summed E-state index contributed by atoms with van der Waals surface area (Å²) in [5, 5.41) is 2.93. The van der Waals surface area contributed by atoms with E-state index < -0.39 is 0 Å². The second-order valence-corrected chi connectivity index (χ2v) is 6.11. The average Bonchev–Trinajstić information content (AvgIpc) is 2.70. The van der Waals surface area contributed by atoms with Crippen molar-refractivity contribution in [1.29, 1.82) is 0 Å². The molecule has 2 rings (SSSR count). The molecule has 17 heavy (non-hydrogen) atoms. The van der Waals surface area contributed by atoms with Crippen LogP contribution in [0.4, 0.5) is 4.39 Å². The lowest BCUT2D eigenvalue weighted by atomic mass is 9.93. The van der Waals surface area contributed by atoms with Crippen LogP contribution in [0, 0.1) is 12.7 Å². The monoisotopic (exact) mass is 249 g/mol. The fourth-order valence-corrected chi connectivity index (χ4v) is 2.52. The summed E-state index contributed by atoms with van der Waals surface area (Å²) in [6.45, 7) is 8.15. The zero-order valence-corrected chi connectivity index (χ0v) is 11.4. The van der Waals surface area contributed by atoms with Crippen molar-refractivity contribution in [1.82, 2.24) is 4.98 Å². The summed E-state index contributed by atoms with van der Waals surface area (Å²) >= 11 is 1.57. The number of benzene rings is 1. The fraction of sp³-hybridized carbons (Fsp3) is 0.357. The van der Waals surface area contributed by atoms with Gasteiger partial charge in [0, 0.05) is 16.4 Å². The Kier molecular flexibility index (Phi) is 3.04. The van der Waals surface area contributed by atoms with E-state index in [0.717, 1.165) is 16.3 Å². The molecule has 0 bridgehead atoms. The summed E-state index contributed by atoms with van der Waals surface area (Å²) in [7, 11) is 0. The van der Waals surface area contributed by atoms with Gasteiger partial charge in [-0.1, -0.05) is 32.9 Å². The van der Waals surface area contributed by atoms with Crippen molar-refractivity contribution in [2.24, 2.45) is 0 Å². The molecule has 0 saturated carbocycles. The molecule has 0 amide bonds. The van der Waals surface area contributed by atoms with Crippen molar-refractivity contribution in [3.63, 3.8) is 0 Å². The summed E-state index contributed by atoms with van der Waals surface area (Å²) < 4.78 is 13.5. The predicted octanol–water partition coefficient (Wildman–Crippen LogP) is 4.56. The second-order valence-electron chi connectivity index (χ2n) is 5.25. The summed E-state index contributed by atoms with van der Waals surface area (Å²) in [5.41, 5.74) is 2.62. The Morgan fingerprint density at radius 3 is 2.47 bits per heavy atom. The van der Waals surface area contributed by atoms with Crippen LogP contribution in [0.25, 0.3) is 10.6 Å². The Bertz CT molecular complexity index is 537. The summed E-state index contributed by atoms with van der Waals surface area (Å²) in [5.74, 6) is -0.171. The first-order valence-electron chi connectivity index (χ1n) is 5.60. The molecule has 0 unspecified atom stereocenters. The number of nitrogens with zero attached hydrogens (tertiary/aromatic N) is 1. The van der Waals surface area contributed by atoms with Gasteiger partial charge in [0.2, 0.25) is 0 Å². The number of hydrogen-bond acceptors (Lipinski definition) is 2. The van der Waals surface area contributed by atoms with Gasteiger partial charge in [-0.05, 0) is 18.6 Å². The number of halogens is 1. The second kappa shape index (κ2) is 4.22. The highest BCUT2D eigenvalue weighted by atomic mass is 32.1. The van der Waals surface area contributed by atoms with Crippen LogP contribution in [0.1, 0.15) is 32.0 Å². The van der Waals surface area contributed by atoms with Crippen LogP contribution in [0.3, 0.4) is 0 Å². The molecule has 1 nitrogen and oxygen atoms in total. The van der Waals surface area contributed by atoms with E-state index in [4.69, 9.17) is 0 Å². The highest BCUT2D eigenvalue weighted by Crippen LogP contribution is 2.30. The molecule has 0 spiro atoms. The fourth-order valence-electron chi connectivity index (χ4n) is 1.48. The van der Waals surface area contributed by atoms with Gasteiger partial charge in [-0.15, -0.1) is 11.3 Å². The third kappa shape index (κ3) is 2.55. The lowest BCUT2D eigenvalue weighted by molar-refractivity contribution is 0.573. The number of aryl methyl sites for hydroxylation is 1. The smallest absolute Gasteiger partial charge is 0.126 e. The van der Waals surface area contributed by atoms with Gasteiger partial charge in [-0.25, -0.2) is 9.37 Å². The highest BCUT2D eigenvalue weighted by Gasteiger charge is 2.18. The molecule has 0 aliphatic carbocycles. The van der Waals surface area contributed by atoms with E-state index >= 15 is 0 Å². The molecule has 3 heteroatoms. The quantitative estimate of drug-likeness (QED) is 0.722. The number of aromatic nitrogens is 1. The van der Waals surface area contributed by atoms with Crippen molar-refractivity contribution in [2.75, 3.05) is 0 Å². The van der Waals surface area contributed by atoms with Crippen LogP contribution in [-0.2, 0) is 5.41 Å². The highest BCUT2D eigenvalue weighted by molar-refractivity contribution is 7.13. The van der Waals surface area contributed by atoms with Gasteiger partial charge in [0.25, 0.3) is 0 Å². The molecule has 1 aromatic heterocycles. The van der Waals surface area contributed by atoms with Crippen molar-refractivity contribution < 1.29 is 4.39 Å². The van der Waals surface area contributed by atoms with Gasteiger partial charge in [-0.3, -0.25) is 0 Å². The standard InChI is InChI=1S/C14H16FNS/c1-9-5-6-10(7-11(9)15)13-16-12(8-17-13)14(2,3)4/h5-8H,1-4H3. The van der Waals surface area contributed by atoms with Gasteiger partial charge in [0.15, 0.2) is 0 Å². The SMILES string of the molecule is Cc1ccc(-c2nc(C(C)(C)C)cs2)cc1F. The minimum atomic E-state index is -0.171. The molecule has 0 fully saturated rings. The van der Waals surface area contributed by atoms with E-state index in [0.29, 0.717) is 5.56 Å². The van der Waals surface area contributed by atoms with E-state index in [2.05, 4.69) is 25.8 Å². The van der Waals surface area contributed by atoms with Crippen LogP contribution in [0.2, 0.25) is 0 Å². The molecule has 0 aliphatic heterocycles. The van der Waals surface area contributed by atoms with E-state index in [9.17, 15) is 4.39 Å². The van der Waals surface area contributed by atoms with Crippen molar-refractivity contribution >= 4 is 11.3 Å². The van der Waals surface area contributed by atoms with Crippen LogP contribution < -0.4 is 0 Å². The Labute approximate surface area is 105 Å². The van der Waals surface area contributed by atoms with Crippen LogP contribution >= 0.6 is 11.3 Å². The maximum absolute atomic E-state index is 13.5. The first kappa shape index (κ1) is 12.2. The largest absolute Gasteiger partial charge is 0.241 e. The van der Waals surface area contributed by atoms with E-state index in [-0.39, 0.29) is 11.2 Å². The zero-order valence-electron chi connectivity index (χ0n) is 10.5. The average molecular weight is 249 g/mol. The summed E-state index contributed by atoms with van der Waals surface area (Å²) in [6, 6.07) is 5.27. The lowest BCUT2D eigenvalue weighted by Crippen LogP contribution is -2.11. The normalized spacial score (nSPS) is 11.8. The van der Waals surface area contributed by atoms with Crippen molar-refractivity contribution in [3.8, 4) is 10.6 Å². The van der Waals surface area contributed by atoms with E-state index in [1.165, 1.54) is 0 Å². The van der Waals surface area contributed by atoms with Crippen molar-refractivity contribution in [3.05, 3.63) is 40.7 Å². The Balaban J connectivity index is 2.40.